The van der Waals surface area contributed by atoms with E-state index in [1.165, 1.54) is 6.20 Å². The molecule has 0 amide bonds. The molecule has 2 aromatic heterocycles. The highest BCUT2D eigenvalue weighted by Crippen LogP contribution is 2.23. The first-order valence-electron chi connectivity index (χ1n) is 12.0. The molecule has 5 rings (SSSR count). The zero-order chi connectivity index (χ0) is 26.1. The minimum atomic E-state index is -1.36. The smallest absolute Gasteiger partial charge is 0.341 e. The van der Waals surface area contributed by atoms with E-state index < -0.39 is 22.8 Å². The number of anilines is 1. The highest BCUT2D eigenvalue weighted by molar-refractivity contribution is 6.04. The molecule has 37 heavy (non-hydrogen) atoms. The van der Waals surface area contributed by atoms with Gasteiger partial charge in [-0.25, -0.2) is 14.2 Å². The van der Waals surface area contributed by atoms with E-state index in [1.54, 1.807) is 11.5 Å². The highest BCUT2D eigenvalue weighted by atomic mass is 19.1. The summed E-state index contributed by atoms with van der Waals surface area (Å²) < 4.78 is 16.6. The van der Waals surface area contributed by atoms with Crippen LogP contribution in [0.5, 0.6) is 0 Å². The fraction of sp³-hybridized carbons (Fsp3) is 0.259. The normalized spacial score (nSPS) is 15.0. The van der Waals surface area contributed by atoms with Crippen LogP contribution in [-0.4, -0.2) is 69.2 Å². The molecule has 1 aliphatic rings. The van der Waals surface area contributed by atoms with Crippen LogP contribution in [0.3, 0.4) is 0 Å². The average Bonchev–Trinajstić information content (AvgIpc) is 2.92. The van der Waals surface area contributed by atoms with Gasteiger partial charge in [0.1, 0.15) is 16.9 Å². The quantitative estimate of drug-likeness (QED) is 0.236. The third kappa shape index (κ3) is 4.63. The second kappa shape index (κ2) is 9.98. The van der Waals surface area contributed by atoms with Crippen LogP contribution in [0.1, 0.15) is 22.8 Å². The Hall–Kier alpha value is -4.31. The summed E-state index contributed by atoms with van der Waals surface area (Å²) in [6.07, 6.45) is 1.25. The molecule has 2 aromatic carbocycles. The number of aromatic carboxylic acids is 1. The van der Waals surface area contributed by atoms with E-state index in [4.69, 9.17) is 0 Å². The zero-order valence-corrected chi connectivity index (χ0v) is 20.3. The molecule has 4 aromatic rings. The topological polar surface area (TPSA) is 111 Å². The molecule has 0 spiro atoms. The number of fused-ring (bicyclic) bond motifs is 2. The van der Waals surface area contributed by atoms with Crippen molar-refractivity contribution in [2.24, 2.45) is 5.16 Å². The van der Waals surface area contributed by atoms with E-state index in [0.29, 0.717) is 45.0 Å². The molecule has 0 unspecified atom stereocenters. The summed E-state index contributed by atoms with van der Waals surface area (Å²) in [5.74, 6) is -1.90. The number of carbonyl (C=O) groups is 1. The van der Waals surface area contributed by atoms with E-state index in [1.807, 2.05) is 47.4 Å². The Bertz CT molecular complexity index is 1590. The summed E-state index contributed by atoms with van der Waals surface area (Å²) in [6, 6.07) is 15.0. The molecule has 1 aliphatic heterocycles. The van der Waals surface area contributed by atoms with Gasteiger partial charge in [-0.05, 0) is 29.8 Å². The van der Waals surface area contributed by atoms with Crippen molar-refractivity contribution in [1.29, 1.82) is 0 Å². The largest absolute Gasteiger partial charge is 0.477 e. The predicted molar refractivity (Wildman–Crippen MR) is 140 cm³/mol. The van der Waals surface area contributed by atoms with Gasteiger partial charge in [0, 0.05) is 51.0 Å². The number of carboxylic acids is 1. The zero-order valence-electron chi connectivity index (χ0n) is 20.3. The molecule has 190 valence electrons. The maximum Gasteiger partial charge on any atom is 0.341 e. The number of halogens is 1. The molecule has 1 fully saturated rings. The van der Waals surface area contributed by atoms with Crippen molar-refractivity contribution < 1.29 is 19.5 Å². The molecule has 10 heteroatoms. The van der Waals surface area contributed by atoms with Crippen LogP contribution in [-0.2, 0) is 6.54 Å². The van der Waals surface area contributed by atoms with Gasteiger partial charge in [0.25, 0.3) is 0 Å². The number of piperazine rings is 1. The number of oxime groups is 1. The molecule has 0 bridgehead atoms. The van der Waals surface area contributed by atoms with Gasteiger partial charge in [-0.3, -0.25) is 9.69 Å². The van der Waals surface area contributed by atoms with Gasteiger partial charge in [-0.1, -0.05) is 41.6 Å². The number of aromatic nitrogens is 2. The predicted octanol–water partition coefficient (Wildman–Crippen LogP) is 3.41. The van der Waals surface area contributed by atoms with Crippen LogP contribution in [0.25, 0.3) is 21.8 Å². The molecule has 0 atom stereocenters. The third-order valence-electron chi connectivity index (χ3n) is 6.80. The van der Waals surface area contributed by atoms with Crippen LogP contribution in [0.4, 0.5) is 10.2 Å². The number of carboxylic acid groups (broad SMARTS) is 1. The second-order valence-electron chi connectivity index (χ2n) is 9.00. The van der Waals surface area contributed by atoms with Crippen LogP contribution >= 0.6 is 0 Å². The molecule has 2 N–H and O–H groups in total. The lowest BCUT2D eigenvalue weighted by atomic mass is 10.0. The van der Waals surface area contributed by atoms with E-state index in [2.05, 4.69) is 15.0 Å². The SMILES string of the molecule is CCn1cc(C(=O)O)c(=O)c2cc(F)c(N3CCN(CC(=NO)c4ccc5ccccc5c4)CC3)nc21. The van der Waals surface area contributed by atoms with Gasteiger partial charge >= 0.3 is 5.97 Å². The number of hydrogen-bond acceptors (Lipinski definition) is 7. The van der Waals surface area contributed by atoms with Gasteiger partial charge < -0.3 is 19.8 Å². The third-order valence-corrected chi connectivity index (χ3v) is 6.80. The molecule has 9 nitrogen and oxygen atoms in total. The molecule has 0 saturated carbocycles. The molecular formula is C27H26FN5O4. The Morgan fingerprint density at radius 1 is 1.08 bits per heavy atom. The summed E-state index contributed by atoms with van der Waals surface area (Å²) in [5, 5.41) is 24.7. The first-order valence-corrected chi connectivity index (χ1v) is 12.0. The van der Waals surface area contributed by atoms with Crippen molar-refractivity contribution in [3.05, 3.63) is 81.9 Å². The number of rotatable bonds is 6. The van der Waals surface area contributed by atoms with Crippen LogP contribution < -0.4 is 10.3 Å². The monoisotopic (exact) mass is 503 g/mol. The Kier molecular flexibility index (Phi) is 6.58. The number of hydrogen-bond donors (Lipinski definition) is 2. The number of nitrogens with zero attached hydrogens (tertiary/aromatic N) is 5. The lowest BCUT2D eigenvalue weighted by Crippen LogP contribution is -2.48. The minimum absolute atomic E-state index is 0.0548. The van der Waals surface area contributed by atoms with Crippen LogP contribution in [0, 0.1) is 5.82 Å². The Labute approximate surface area is 211 Å². The first-order chi connectivity index (χ1) is 17.9. The first kappa shape index (κ1) is 24.4. The molecule has 0 aliphatic carbocycles. The average molecular weight is 504 g/mol. The Balaban J connectivity index is 1.34. The fourth-order valence-corrected chi connectivity index (χ4v) is 4.77. The number of benzene rings is 2. The van der Waals surface area contributed by atoms with Gasteiger partial charge in [0.05, 0.1) is 5.39 Å². The number of aryl methyl sites for hydroxylation is 1. The molecule has 0 radical (unpaired) electrons. The maximum absolute atomic E-state index is 15.1. The van der Waals surface area contributed by atoms with Gasteiger partial charge in [0.2, 0.25) is 5.43 Å². The standard InChI is InChI=1S/C27H26FN5O4/c1-2-32-15-21(27(35)36)24(34)20-14-22(28)26(29-25(20)32)33-11-9-31(10-12-33)16-23(30-37)19-8-7-17-5-3-4-6-18(17)13-19/h3-8,13-15,37H,2,9-12,16H2,1H3,(H,35,36). The molecule has 3 heterocycles. The fourth-order valence-electron chi connectivity index (χ4n) is 4.77. The van der Waals surface area contributed by atoms with Crippen molar-refractivity contribution in [1.82, 2.24) is 14.5 Å². The summed E-state index contributed by atoms with van der Waals surface area (Å²) in [4.78, 5) is 32.4. The summed E-state index contributed by atoms with van der Waals surface area (Å²) in [6.45, 7) is 4.75. The summed E-state index contributed by atoms with van der Waals surface area (Å²) >= 11 is 0. The van der Waals surface area contributed by atoms with Crippen molar-refractivity contribution in [3.8, 4) is 0 Å². The Morgan fingerprint density at radius 2 is 1.81 bits per heavy atom. The molecular weight excluding hydrogens is 477 g/mol. The van der Waals surface area contributed by atoms with Crippen molar-refractivity contribution in [2.75, 3.05) is 37.6 Å². The highest BCUT2D eigenvalue weighted by Gasteiger charge is 2.24. The maximum atomic E-state index is 15.1. The lowest BCUT2D eigenvalue weighted by Gasteiger charge is -2.35. The van der Waals surface area contributed by atoms with Crippen LogP contribution in [0.15, 0.2) is 64.7 Å². The summed E-state index contributed by atoms with van der Waals surface area (Å²) in [5.41, 5.74) is 0.478. The number of pyridine rings is 2. The van der Waals surface area contributed by atoms with Crippen molar-refractivity contribution in [3.63, 3.8) is 0 Å². The van der Waals surface area contributed by atoms with Crippen LogP contribution in [0.2, 0.25) is 0 Å². The Morgan fingerprint density at radius 3 is 2.49 bits per heavy atom. The minimum Gasteiger partial charge on any atom is -0.477 e. The van der Waals surface area contributed by atoms with Gasteiger partial charge in [0.15, 0.2) is 11.6 Å². The molecule has 1 saturated heterocycles. The van der Waals surface area contributed by atoms with Gasteiger partial charge in [-0.15, -0.1) is 0 Å². The van der Waals surface area contributed by atoms with E-state index in [0.717, 1.165) is 22.4 Å². The van der Waals surface area contributed by atoms with Crippen molar-refractivity contribution >= 4 is 39.3 Å². The lowest BCUT2D eigenvalue weighted by molar-refractivity contribution is 0.0695. The van der Waals surface area contributed by atoms with E-state index >= 15 is 4.39 Å². The van der Waals surface area contributed by atoms with E-state index in [9.17, 15) is 19.9 Å². The second-order valence-corrected chi connectivity index (χ2v) is 9.00. The summed E-state index contributed by atoms with van der Waals surface area (Å²) in [7, 11) is 0. The van der Waals surface area contributed by atoms with Crippen molar-refractivity contribution in [2.45, 2.75) is 13.5 Å². The van der Waals surface area contributed by atoms with E-state index in [-0.39, 0.29) is 16.9 Å². The van der Waals surface area contributed by atoms with Gasteiger partial charge in [-0.2, -0.15) is 0 Å².